The lowest BCUT2D eigenvalue weighted by atomic mass is 9.97. The molecule has 3 rings (SSSR count). The van der Waals surface area contributed by atoms with Gasteiger partial charge in [-0.15, -0.1) is 0 Å². The molecule has 0 spiro atoms. The first-order valence-electron chi connectivity index (χ1n) is 10.0. The summed E-state index contributed by atoms with van der Waals surface area (Å²) < 4.78 is 26.9. The third kappa shape index (κ3) is 5.81. The van der Waals surface area contributed by atoms with E-state index >= 15 is 0 Å². The van der Waals surface area contributed by atoms with Crippen LogP contribution in [0.5, 0.6) is 0 Å². The fourth-order valence-corrected chi connectivity index (χ4v) is 5.29. The monoisotopic (exact) mass is 464 g/mol. The number of carbonyl (C=O) groups excluding carboxylic acids is 2. The van der Waals surface area contributed by atoms with Crippen molar-refractivity contribution in [1.82, 2.24) is 19.9 Å². The Morgan fingerprint density at radius 2 is 1.84 bits per heavy atom. The van der Waals surface area contributed by atoms with E-state index in [1.165, 1.54) is 22.6 Å². The number of benzene rings is 1. The average molecular weight is 465 g/mol. The number of hydrogen-bond acceptors (Lipinski definition) is 5. The van der Waals surface area contributed by atoms with E-state index in [9.17, 15) is 18.0 Å². The number of sulfonamides is 1. The molecule has 166 valence electrons. The van der Waals surface area contributed by atoms with E-state index in [2.05, 4.69) is 15.6 Å². The van der Waals surface area contributed by atoms with E-state index < -0.39 is 16.1 Å². The number of amides is 2. The molecule has 0 radical (unpaired) electrons. The lowest BCUT2D eigenvalue weighted by Crippen LogP contribution is -2.49. The Hall–Kier alpha value is -2.49. The Bertz CT molecular complexity index is 1020. The molecule has 2 heterocycles. The van der Waals surface area contributed by atoms with E-state index in [1.807, 2.05) is 30.3 Å². The number of nitrogens with one attached hydrogen (secondary N) is 2. The molecule has 0 bridgehead atoms. The summed E-state index contributed by atoms with van der Waals surface area (Å²) in [6, 6.07) is 11.7. The van der Waals surface area contributed by atoms with Crippen molar-refractivity contribution in [3.63, 3.8) is 0 Å². The van der Waals surface area contributed by atoms with Crippen LogP contribution in [0.4, 0.5) is 0 Å². The standard InChI is InChI=1S/C21H25ClN4O4S/c1-15(20(27)24-14-16-6-3-2-4-7-16)25-21(28)17-9-12-26(13-10-17)31(29,30)18-8-5-11-23-19(18)22/h2-8,11,15,17H,9-10,12-14H2,1H3,(H,24,27)(H,25,28). The number of hydrogen-bond donors (Lipinski definition) is 2. The minimum absolute atomic E-state index is 0.0386. The Morgan fingerprint density at radius 1 is 1.16 bits per heavy atom. The molecule has 1 unspecified atom stereocenters. The summed E-state index contributed by atoms with van der Waals surface area (Å²) in [5.74, 6) is -0.887. The Kier molecular flexibility index (Phi) is 7.64. The topological polar surface area (TPSA) is 108 Å². The van der Waals surface area contributed by atoms with Gasteiger partial charge in [0.05, 0.1) is 0 Å². The number of rotatable bonds is 7. The van der Waals surface area contributed by atoms with Gasteiger partial charge in [-0.1, -0.05) is 41.9 Å². The van der Waals surface area contributed by atoms with Gasteiger partial charge in [0, 0.05) is 31.7 Å². The Balaban J connectivity index is 1.49. The molecule has 1 aromatic carbocycles. The number of carbonyl (C=O) groups is 2. The molecular weight excluding hydrogens is 440 g/mol. The van der Waals surface area contributed by atoms with E-state index in [0.717, 1.165) is 5.56 Å². The predicted octanol–water partition coefficient (Wildman–Crippen LogP) is 1.96. The zero-order chi connectivity index (χ0) is 22.4. The first kappa shape index (κ1) is 23.2. The molecule has 1 fully saturated rings. The summed E-state index contributed by atoms with van der Waals surface area (Å²) in [6.07, 6.45) is 2.15. The Labute approximate surface area is 187 Å². The van der Waals surface area contributed by atoms with Gasteiger partial charge < -0.3 is 10.6 Å². The van der Waals surface area contributed by atoms with Crippen molar-refractivity contribution in [3.8, 4) is 0 Å². The Morgan fingerprint density at radius 3 is 2.48 bits per heavy atom. The number of nitrogens with zero attached hydrogens (tertiary/aromatic N) is 2. The van der Waals surface area contributed by atoms with Crippen molar-refractivity contribution in [3.05, 3.63) is 59.4 Å². The van der Waals surface area contributed by atoms with Crippen LogP contribution in [-0.2, 0) is 26.2 Å². The van der Waals surface area contributed by atoms with Gasteiger partial charge in [-0.05, 0) is 37.5 Å². The third-order valence-corrected chi connectivity index (χ3v) is 7.57. The maximum atomic E-state index is 12.8. The van der Waals surface area contributed by atoms with Crippen molar-refractivity contribution in [2.45, 2.75) is 37.2 Å². The zero-order valence-electron chi connectivity index (χ0n) is 17.1. The van der Waals surface area contributed by atoms with E-state index in [1.54, 1.807) is 6.92 Å². The molecular formula is C21H25ClN4O4S. The summed E-state index contributed by atoms with van der Waals surface area (Å²) in [6.45, 7) is 2.40. The molecule has 0 aliphatic carbocycles. The molecule has 1 aliphatic heterocycles. The first-order chi connectivity index (χ1) is 14.8. The van der Waals surface area contributed by atoms with Gasteiger partial charge in [-0.3, -0.25) is 9.59 Å². The molecule has 8 nitrogen and oxygen atoms in total. The largest absolute Gasteiger partial charge is 0.350 e. The summed E-state index contributed by atoms with van der Waals surface area (Å²) in [5.41, 5.74) is 0.969. The minimum Gasteiger partial charge on any atom is -0.350 e. The lowest BCUT2D eigenvalue weighted by Gasteiger charge is -2.31. The number of pyridine rings is 1. The maximum Gasteiger partial charge on any atom is 0.246 e. The highest BCUT2D eigenvalue weighted by molar-refractivity contribution is 7.89. The SMILES string of the molecule is CC(NC(=O)C1CCN(S(=O)(=O)c2cccnc2Cl)CC1)C(=O)NCc1ccccc1. The molecule has 1 aromatic heterocycles. The molecule has 31 heavy (non-hydrogen) atoms. The smallest absolute Gasteiger partial charge is 0.246 e. The van der Waals surface area contributed by atoms with Gasteiger partial charge in [0.1, 0.15) is 16.1 Å². The van der Waals surface area contributed by atoms with E-state index in [0.29, 0.717) is 19.4 Å². The normalized spacial score (nSPS) is 16.5. The molecule has 0 saturated carbocycles. The van der Waals surface area contributed by atoms with Crippen LogP contribution in [0.25, 0.3) is 0 Å². The summed E-state index contributed by atoms with van der Waals surface area (Å²) in [5, 5.41) is 5.46. The fourth-order valence-electron chi connectivity index (χ4n) is 3.40. The minimum atomic E-state index is -3.77. The highest BCUT2D eigenvalue weighted by Crippen LogP contribution is 2.27. The van der Waals surface area contributed by atoms with Gasteiger partial charge in [-0.2, -0.15) is 4.31 Å². The molecule has 2 amide bonds. The summed E-state index contributed by atoms with van der Waals surface area (Å²) in [4.78, 5) is 28.6. The maximum absolute atomic E-state index is 12.8. The molecule has 10 heteroatoms. The first-order valence-corrected chi connectivity index (χ1v) is 11.8. The molecule has 1 atom stereocenters. The van der Waals surface area contributed by atoms with Gasteiger partial charge in [0.2, 0.25) is 21.8 Å². The average Bonchev–Trinajstić information content (AvgIpc) is 2.78. The van der Waals surface area contributed by atoms with Crippen LogP contribution >= 0.6 is 11.6 Å². The fraction of sp³-hybridized carbons (Fsp3) is 0.381. The highest BCUT2D eigenvalue weighted by atomic mass is 35.5. The number of aromatic nitrogens is 1. The van der Waals surface area contributed by atoms with Crippen LogP contribution in [0.1, 0.15) is 25.3 Å². The van der Waals surface area contributed by atoms with Crippen LogP contribution in [0.3, 0.4) is 0 Å². The third-order valence-electron chi connectivity index (χ3n) is 5.23. The quantitative estimate of drug-likeness (QED) is 0.609. The molecule has 1 saturated heterocycles. The van der Waals surface area contributed by atoms with Crippen molar-refractivity contribution in [2.75, 3.05) is 13.1 Å². The van der Waals surface area contributed by atoms with Gasteiger partial charge in [-0.25, -0.2) is 13.4 Å². The van der Waals surface area contributed by atoms with Gasteiger partial charge in [0.15, 0.2) is 0 Å². The van der Waals surface area contributed by atoms with Crippen LogP contribution in [-0.4, -0.2) is 48.7 Å². The molecule has 2 N–H and O–H groups in total. The van der Waals surface area contributed by atoms with Crippen LogP contribution in [0.2, 0.25) is 5.15 Å². The van der Waals surface area contributed by atoms with Crippen LogP contribution in [0, 0.1) is 5.92 Å². The molecule has 1 aliphatic rings. The summed E-state index contributed by atoms with van der Waals surface area (Å²) >= 11 is 5.94. The zero-order valence-corrected chi connectivity index (χ0v) is 18.7. The second-order valence-corrected chi connectivity index (χ2v) is 9.67. The van der Waals surface area contributed by atoms with Crippen molar-refractivity contribution in [2.24, 2.45) is 5.92 Å². The predicted molar refractivity (Wildman–Crippen MR) is 117 cm³/mol. The van der Waals surface area contributed by atoms with E-state index in [4.69, 9.17) is 11.6 Å². The second kappa shape index (κ2) is 10.2. The van der Waals surface area contributed by atoms with Crippen LogP contribution < -0.4 is 10.6 Å². The van der Waals surface area contributed by atoms with Gasteiger partial charge >= 0.3 is 0 Å². The molecule has 2 aromatic rings. The second-order valence-electron chi connectivity index (χ2n) is 7.40. The van der Waals surface area contributed by atoms with Crippen molar-refractivity contribution < 1.29 is 18.0 Å². The number of halogens is 1. The van der Waals surface area contributed by atoms with Crippen molar-refractivity contribution >= 4 is 33.4 Å². The summed E-state index contributed by atoms with van der Waals surface area (Å²) in [7, 11) is -3.77. The van der Waals surface area contributed by atoms with Gasteiger partial charge in [0.25, 0.3) is 0 Å². The highest BCUT2D eigenvalue weighted by Gasteiger charge is 2.34. The van der Waals surface area contributed by atoms with E-state index in [-0.39, 0.29) is 40.9 Å². The van der Waals surface area contributed by atoms with Crippen LogP contribution in [0.15, 0.2) is 53.6 Å². The number of piperidine rings is 1. The van der Waals surface area contributed by atoms with Crippen molar-refractivity contribution in [1.29, 1.82) is 0 Å². The lowest BCUT2D eigenvalue weighted by molar-refractivity contribution is -0.131.